The molecule has 0 aromatic heterocycles. The van der Waals surface area contributed by atoms with Crippen molar-refractivity contribution in [2.75, 3.05) is 20.1 Å². The largest absolute Gasteiger partial charge is 0.473 e. The molecule has 2 aliphatic heterocycles. The van der Waals surface area contributed by atoms with Crippen LogP contribution in [0.5, 0.6) is 0 Å². The number of nitrogens with zero attached hydrogens (tertiary/aromatic N) is 2. The van der Waals surface area contributed by atoms with E-state index in [1.165, 1.54) is 29.8 Å². The Kier molecular flexibility index (Phi) is 5.93. The number of rotatable bonds is 3. The van der Waals surface area contributed by atoms with Crippen LogP contribution in [-0.4, -0.2) is 52.2 Å². The van der Waals surface area contributed by atoms with E-state index in [4.69, 9.17) is 19.8 Å². The molecule has 2 atom stereocenters. The molecule has 2 heterocycles. The van der Waals surface area contributed by atoms with Crippen LogP contribution in [0.4, 0.5) is 0 Å². The Bertz CT molecular complexity index is 737. The minimum atomic E-state index is -1.82. The number of allylic oxidation sites excluding steroid dienone is 3. The number of carboxylic acid groups (broad SMARTS) is 2. The van der Waals surface area contributed by atoms with Crippen molar-refractivity contribution in [2.24, 2.45) is 11.8 Å². The van der Waals surface area contributed by atoms with Crippen molar-refractivity contribution in [3.8, 4) is 0 Å². The van der Waals surface area contributed by atoms with E-state index in [2.05, 4.69) is 64.9 Å². The third kappa shape index (κ3) is 4.56. The predicted molar refractivity (Wildman–Crippen MR) is 100 cm³/mol. The Morgan fingerprint density at radius 1 is 1.15 bits per heavy atom. The maximum atomic E-state index is 9.10. The minimum absolute atomic E-state index is 0.657. The third-order valence-electron chi connectivity index (χ3n) is 5.33. The Hall–Kier alpha value is -2.64. The number of carbonyl (C=O) groups is 2. The monoisotopic (exact) mass is 371 g/mol. The number of fused-ring (bicyclic) bond motifs is 2. The van der Waals surface area contributed by atoms with Crippen molar-refractivity contribution in [1.82, 2.24) is 15.3 Å². The fourth-order valence-corrected chi connectivity index (χ4v) is 3.91. The first kappa shape index (κ1) is 19.1. The van der Waals surface area contributed by atoms with Crippen LogP contribution in [0, 0.1) is 11.8 Å². The average Bonchev–Trinajstić information content (AvgIpc) is 3.24. The normalized spacial score (nSPS) is 23.1. The van der Waals surface area contributed by atoms with E-state index in [1.807, 2.05) is 0 Å². The lowest BCUT2D eigenvalue weighted by Crippen LogP contribution is -2.25. The van der Waals surface area contributed by atoms with E-state index in [0.717, 1.165) is 19.6 Å². The molecule has 2 unspecified atom stereocenters. The van der Waals surface area contributed by atoms with Gasteiger partial charge >= 0.3 is 11.9 Å². The fraction of sp³-hybridized carbons (Fsp3) is 0.400. The number of carboxylic acids is 2. The van der Waals surface area contributed by atoms with Gasteiger partial charge in [0.15, 0.2) is 0 Å². The predicted octanol–water partition coefficient (Wildman–Crippen LogP) is 1.68. The molecule has 7 nitrogen and oxygen atoms in total. The van der Waals surface area contributed by atoms with Gasteiger partial charge in [-0.1, -0.05) is 36.4 Å². The number of benzene rings is 1. The molecule has 144 valence electrons. The second-order valence-corrected chi connectivity index (χ2v) is 7.05. The molecule has 0 bridgehead atoms. The quantitative estimate of drug-likeness (QED) is 0.696. The smallest absolute Gasteiger partial charge is 0.414 e. The minimum Gasteiger partial charge on any atom is -0.473 e. The molecule has 1 aromatic carbocycles. The molecule has 3 aliphatic rings. The van der Waals surface area contributed by atoms with E-state index >= 15 is 0 Å². The van der Waals surface area contributed by atoms with Crippen LogP contribution in [-0.2, 0) is 22.7 Å². The summed E-state index contributed by atoms with van der Waals surface area (Å²) in [6.45, 7) is 4.52. The zero-order chi connectivity index (χ0) is 19.4. The summed E-state index contributed by atoms with van der Waals surface area (Å²) >= 11 is 0. The van der Waals surface area contributed by atoms with E-state index in [1.54, 1.807) is 0 Å². The highest BCUT2D eigenvalue weighted by atomic mass is 16.4. The highest BCUT2D eigenvalue weighted by Crippen LogP contribution is 2.33. The van der Waals surface area contributed by atoms with E-state index in [0.29, 0.717) is 11.8 Å². The second kappa shape index (κ2) is 8.37. The highest BCUT2D eigenvalue weighted by molar-refractivity contribution is 6.27. The Morgan fingerprint density at radius 3 is 2.37 bits per heavy atom. The van der Waals surface area contributed by atoms with Crippen molar-refractivity contribution in [1.29, 1.82) is 0 Å². The zero-order valence-corrected chi connectivity index (χ0v) is 15.3. The van der Waals surface area contributed by atoms with Crippen molar-refractivity contribution in [2.45, 2.75) is 19.5 Å². The molecule has 1 aromatic rings. The van der Waals surface area contributed by atoms with Crippen molar-refractivity contribution in [3.63, 3.8) is 0 Å². The third-order valence-corrected chi connectivity index (χ3v) is 5.33. The van der Waals surface area contributed by atoms with Gasteiger partial charge in [-0.25, -0.2) is 15.0 Å². The summed E-state index contributed by atoms with van der Waals surface area (Å²) in [6, 6.07) is 8.85. The number of nitrogens with one attached hydrogen (secondary N) is 1. The van der Waals surface area contributed by atoms with Crippen LogP contribution in [0.15, 0.2) is 48.2 Å². The molecule has 7 heteroatoms. The van der Waals surface area contributed by atoms with E-state index in [-0.39, 0.29) is 0 Å². The van der Waals surface area contributed by atoms with Gasteiger partial charge in [0, 0.05) is 38.3 Å². The summed E-state index contributed by atoms with van der Waals surface area (Å²) in [4.78, 5) is 20.8. The average molecular weight is 371 g/mol. The number of hydrogen-bond acceptors (Lipinski definition) is 5. The molecule has 0 radical (unpaired) electrons. The van der Waals surface area contributed by atoms with Crippen LogP contribution in [0.2, 0.25) is 0 Å². The van der Waals surface area contributed by atoms with Gasteiger partial charge in [0.05, 0.1) is 0 Å². The summed E-state index contributed by atoms with van der Waals surface area (Å²) < 4.78 is 0. The van der Waals surface area contributed by atoms with Gasteiger partial charge in [0.25, 0.3) is 0 Å². The molecular formula is C20H25N3O4. The van der Waals surface area contributed by atoms with Crippen molar-refractivity contribution in [3.05, 3.63) is 59.3 Å². The molecule has 1 aliphatic carbocycles. The standard InChI is InChI=1S/C18H23N3.C2H2O4/c1-20-18-8-4-7-14(17(18)11-19-20)9-10-21-12-15-5-2-3-6-16(15)13-21;3-1(4)2(5)6/h2-8,14,17,19H,9-13H2,1H3;(H,3,4)(H,5,6). The van der Waals surface area contributed by atoms with Gasteiger partial charge < -0.3 is 15.2 Å². The van der Waals surface area contributed by atoms with Crippen LogP contribution in [0.25, 0.3) is 0 Å². The lowest BCUT2D eigenvalue weighted by Gasteiger charge is -2.26. The molecule has 3 N–H and O–H groups in total. The van der Waals surface area contributed by atoms with Crippen LogP contribution in [0.3, 0.4) is 0 Å². The zero-order valence-electron chi connectivity index (χ0n) is 15.3. The van der Waals surface area contributed by atoms with E-state index < -0.39 is 11.9 Å². The number of hydrogen-bond donors (Lipinski definition) is 3. The SMILES string of the molecule is CN1NCC2C1=CC=CC2CCN1Cc2ccccc2C1.O=C(O)C(=O)O. The molecule has 1 saturated heterocycles. The lowest BCUT2D eigenvalue weighted by molar-refractivity contribution is -0.159. The number of aliphatic carboxylic acids is 2. The Morgan fingerprint density at radius 2 is 1.78 bits per heavy atom. The Balaban J connectivity index is 0.000000307. The summed E-state index contributed by atoms with van der Waals surface area (Å²) in [5.74, 6) is -2.32. The maximum Gasteiger partial charge on any atom is 0.414 e. The molecule has 27 heavy (non-hydrogen) atoms. The van der Waals surface area contributed by atoms with Crippen molar-refractivity contribution < 1.29 is 19.8 Å². The fourth-order valence-electron chi connectivity index (χ4n) is 3.91. The molecule has 0 amide bonds. The van der Waals surface area contributed by atoms with Gasteiger partial charge in [-0.3, -0.25) is 4.90 Å². The maximum absolute atomic E-state index is 9.10. The molecular weight excluding hydrogens is 346 g/mol. The second-order valence-electron chi connectivity index (χ2n) is 7.05. The molecule has 0 saturated carbocycles. The van der Waals surface area contributed by atoms with Crippen LogP contribution >= 0.6 is 0 Å². The molecule has 4 rings (SSSR count). The Labute approximate surface area is 158 Å². The summed E-state index contributed by atoms with van der Waals surface area (Å²) in [5.41, 5.74) is 7.92. The van der Waals surface area contributed by atoms with Gasteiger partial charge in [-0.05, 0) is 36.1 Å². The number of hydrazine groups is 1. The summed E-state index contributed by atoms with van der Waals surface area (Å²) in [6.07, 6.45) is 8.14. The lowest BCUT2D eigenvalue weighted by atomic mass is 9.84. The first-order valence-corrected chi connectivity index (χ1v) is 9.06. The van der Waals surface area contributed by atoms with Gasteiger partial charge in [0.1, 0.15) is 0 Å². The molecule has 0 spiro atoms. The van der Waals surface area contributed by atoms with Gasteiger partial charge in [-0.2, -0.15) is 0 Å². The summed E-state index contributed by atoms with van der Waals surface area (Å²) in [5, 5.41) is 17.0. The van der Waals surface area contributed by atoms with Gasteiger partial charge in [0.2, 0.25) is 0 Å². The summed E-state index contributed by atoms with van der Waals surface area (Å²) in [7, 11) is 2.12. The highest BCUT2D eigenvalue weighted by Gasteiger charge is 2.32. The van der Waals surface area contributed by atoms with Crippen molar-refractivity contribution >= 4 is 11.9 Å². The molecule has 1 fully saturated rings. The topological polar surface area (TPSA) is 93.1 Å². The van der Waals surface area contributed by atoms with Gasteiger partial charge in [-0.15, -0.1) is 0 Å². The van der Waals surface area contributed by atoms with Crippen LogP contribution < -0.4 is 5.43 Å². The van der Waals surface area contributed by atoms with Crippen LogP contribution in [0.1, 0.15) is 17.5 Å². The first-order chi connectivity index (χ1) is 13.0. The first-order valence-electron chi connectivity index (χ1n) is 9.06. The van der Waals surface area contributed by atoms with E-state index in [9.17, 15) is 0 Å².